The van der Waals surface area contributed by atoms with Gasteiger partial charge in [0.05, 0.1) is 0 Å². The van der Waals surface area contributed by atoms with E-state index in [9.17, 15) is 9.59 Å². The lowest BCUT2D eigenvalue weighted by Gasteiger charge is -2.05. The van der Waals surface area contributed by atoms with Crippen molar-refractivity contribution < 1.29 is 14.3 Å². The van der Waals surface area contributed by atoms with E-state index >= 15 is 0 Å². The first kappa shape index (κ1) is 25.0. The van der Waals surface area contributed by atoms with Gasteiger partial charge in [0.25, 0.3) is 0 Å². The Morgan fingerprint density at radius 1 is 0.759 bits per heavy atom. The summed E-state index contributed by atoms with van der Waals surface area (Å²) in [6.07, 6.45) is 15.8. The Morgan fingerprint density at radius 3 is 1.93 bits per heavy atom. The minimum atomic E-state index is -0.270. The van der Waals surface area contributed by atoms with Crippen LogP contribution in [0.3, 0.4) is 0 Å². The Balaban J connectivity index is 1.85. The van der Waals surface area contributed by atoms with Crippen molar-refractivity contribution in [3.05, 3.63) is 35.9 Å². The van der Waals surface area contributed by atoms with E-state index in [1.54, 1.807) is 24.3 Å². The largest absolute Gasteiger partial charge is 0.457 e. The Morgan fingerprint density at radius 2 is 1.31 bits per heavy atom. The molecule has 1 rings (SSSR count). The van der Waals surface area contributed by atoms with E-state index in [0.717, 1.165) is 32.1 Å². The fraction of sp³-hybridized carbons (Fsp3) is 0.615. The van der Waals surface area contributed by atoms with E-state index in [4.69, 9.17) is 4.74 Å². The first-order valence-corrected chi connectivity index (χ1v) is 11.4. The van der Waals surface area contributed by atoms with Crippen LogP contribution in [0, 0.1) is 11.8 Å². The average molecular weight is 399 g/mol. The van der Waals surface area contributed by atoms with Crippen LogP contribution in [0.5, 0.6) is 0 Å². The lowest BCUT2D eigenvalue weighted by molar-refractivity contribution is -0.142. The molecule has 0 aliphatic rings. The zero-order valence-corrected chi connectivity index (χ0v) is 18.2. The molecule has 0 N–H and O–H groups in total. The van der Waals surface area contributed by atoms with Gasteiger partial charge in [-0.3, -0.25) is 9.59 Å². The number of ether oxygens (including phenoxy) is 1. The third-order valence-corrected chi connectivity index (χ3v) is 4.89. The monoisotopic (exact) mass is 398 g/mol. The van der Waals surface area contributed by atoms with Gasteiger partial charge >= 0.3 is 5.97 Å². The van der Waals surface area contributed by atoms with Crippen LogP contribution in [0.4, 0.5) is 0 Å². The summed E-state index contributed by atoms with van der Waals surface area (Å²) in [5.41, 5.74) is 0.584. The number of rotatable bonds is 16. The van der Waals surface area contributed by atoms with Gasteiger partial charge in [0.1, 0.15) is 0 Å². The van der Waals surface area contributed by atoms with Gasteiger partial charge in [-0.2, -0.15) is 0 Å². The van der Waals surface area contributed by atoms with Gasteiger partial charge in [0.15, 0.2) is 12.4 Å². The molecule has 0 saturated heterocycles. The van der Waals surface area contributed by atoms with Crippen LogP contribution in [-0.4, -0.2) is 18.4 Å². The summed E-state index contributed by atoms with van der Waals surface area (Å²) in [5.74, 6) is 6.03. The quantitative estimate of drug-likeness (QED) is 0.132. The number of Topliss-reactive ketones (excluding diaryl/α,β-unsaturated/α-hetero) is 1. The van der Waals surface area contributed by atoms with Crippen LogP contribution >= 0.6 is 0 Å². The van der Waals surface area contributed by atoms with Crippen LogP contribution in [0.25, 0.3) is 0 Å². The lowest BCUT2D eigenvalue weighted by atomic mass is 10.1. The van der Waals surface area contributed by atoms with Crippen LogP contribution in [-0.2, 0) is 9.53 Å². The molecule has 0 amide bonds. The molecule has 0 heterocycles. The summed E-state index contributed by atoms with van der Waals surface area (Å²) < 4.78 is 5.08. The van der Waals surface area contributed by atoms with Crippen molar-refractivity contribution in [2.75, 3.05) is 6.61 Å². The summed E-state index contributed by atoms with van der Waals surface area (Å²) >= 11 is 0. The molecule has 160 valence electrons. The minimum absolute atomic E-state index is 0.150. The van der Waals surface area contributed by atoms with E-state index in [-0.39, 0.29) is 18.4 Å². The first-order chi connectivity index (χ1) is 14.2. The number of carbonyl (C=O) groups is 2. The molecule has 0 aromatic heterocycles. The highest BCUT2D eigenvalue weighted by Gasteiger charge is 2.09. The maximum Gasteiger partial charge on any atom is 0.306 e. The maximum absolute atomic E-state index is 11.9. The van der Waals surface area contributed by atoms with E-state index in [2.05, 4.69) is 18.8 Å². The summed E-state index contributed by atoms with van der Waals surface area (Å²) in [6.45, 7) is 2.01. The Kier molecular flexibility index (Phi) is 15.5. The Hall–Kier alpha value is -2.08. The number of carbonyl (C=O) groups excluding carboxylic acids is 2. The van der Waals surface area contributed by atoms with E-state index in [1.165, 1.54) is 51.4 Å². The molecule has 3 heteroatoms. The number of hydrogen-bond donors (Lipinski definition) is 0. The van der Waals surface area contributed by atoms with Gasteiger partial charge in [0.2, 0.25) is 0 Å². The molecule has 0 atom stereocenters. The predicted molar refractivity (Wildman–Crippen MR) is 120 cm³/mol. The smallest absolute Gasteiger partial charge is 0.306 e. The molecule has 1 aromatic rings. The third-order valence-electron chi connectivity index (χ3n) is 4.89. The number of unbranched alkanes of at least 4 members (excludes halogenated alkanes) is 11. The Bertz CT molecular complexity index is 610. The SMILES string of the molecule is CCCC#CCCCCCCCCCCCCC(=O)OCC(=O)c1ccccc1. The van der Waals surface area contributed by atoms with Crippen molar-refractivity contribution in [1.82, 2.24) is 0 Å². The van der Waals surface area contributed by atoms with Gasteiger partial charge in [-0.25, -0.2) is 0 Å². The molecular formula is C26H38O3. The normalized spacial score (nSPS) is 10.2. The fourth-order valence-corrected chi connectivity index (χ4v) is 3.12. The van der Waals surface area contributed by atoms with Gasteiger partial charge in [-0.1, -0.05) is 88.6 Å². The molecule has 0 unspecified atom stereocenters. The molecule has 0 aliphatic heterocycles. The highest BCUT2D eigenvalue weighted by atomic mass is 16.5. The Labute approximate surface area is 177 Å². The fourth-order valence-electron chi connectivity index (χ4n) is 3.12. The second-order valence-corrected chi connectivity index (χ2v) is 7.59. The zero-order valence-electron chi connectivity index (χ0n) is 18.2. The van der Waals surface area contributed by atoms with Crippen molar-refractivity contribution in [1.29, 1.82) is 0 Å². The van der Waals surface area contributed by atoms with Gasteiger partial charge in [0, 0.05) is 24.8 Å². The molecule has 0 bridgehead atoms. The van der Waals surface area contributed by atoms with Crippen LogP contribution in [0.1, 0.15) is 107 Å². The van der Waals surface area contributed by atoms with Crippen molar-refractivity contribution >= 4 is 11.8 Å². The molecule has 0 saturated carbocycles. The summed E-state index contributed by atoms with van der Waals surface area (Å²) in [6, 6.07) is 8.94. The second-order valence-electron chi connectivity index (χ2n) is 7.59. The van der Waals surface area contributed by atoms with Crippen molar-refractivity contribution in [2.45, 2.75) is 96.8 Å². The van der Waals surface area contributed by atoms with Gasteiger partial charge < -0.3 is 4.74 Å². The zero-order chi connectivity index (χ0) is 21.0. The van der Waals surface area contributed by atoms with E-state index < -0.39 is 0 Å². The molecular weight excluding hydrogens is 360 g/mol. The van der Waals surface area contributed by atoms with E-state index in [1.807, 2.05) is 6.07 Å². The molecule has 3 nitrogen and oxygen atoms in total. The summed E-state index contributed by atoms with van der Waals surface area (Å²) in [4.78, 5) is 23.6. The molecule has 0 fully saturated rings. The number of esters is 1. The summed E-state index contributed by atoms with van der Waals surface area (Å²) in [7, 11) is 0. The van der Waals surface area contributed by atoms with Crippen LogP contribution in [0.15, 0.2) is 30.3 Å². The maximum atomic E-state index is 11.9. The van der Waals surface area contributed by atoms with E-state index in [0.29, 0.717) is 12.0 Å². The second kappa shape index (κ2) is 18.0. The minimum Gasteiger partial charge on any atom is -0.457 e. The topological polar surface area (TPSA) is 43.4 Å². The molecule has 29 heavy (non-hydrogen) atoms. The van der Waals surface area contributed by atoms with Crippen molar-refractivity contribution in [2.24, 2.45) is 0 Å². The molecule has 0 spiro atoms. The van der Waals surface area contributed by atoms with Crippen LogP contribution in [0.2, 0.25) is 0 Å². The number of ketones is 1. The summed E-state index contributed by atoms with van der Waals surface area (Å²) in [5, 5.41) is 0. The third kappa shape index (κ3) is 14.6. The van der Waals surface area contributed by atoms with Gasteiger partial charge in [-0.15, -0.1) is 11.8 Å². The van der Waals surface area contributed by atoms with Crippen molar-refractivity contribution in [3.63, 3.8) is 0 Å². The highest BCUT2D eigenvalue weighted by Crippen LogP contribution is 2.12. The molecule has 1 aromatic carbocycles. The molecule has 0 aliphatic carbocycles. The first-order valence-electron chi connectivity index (χ1n) is 11.4. The van der Waals surface area contributed by atoms with Gasteiger partial charge in [-0.05, 0) is 19.3 Å². The lowest BCUT2D eigenvalue weighted by Crippen LogP contribution is -2.13. The average Bonchev–Trinajstić information content (AvgIpc) is 2.75. The van der Waals surface area contributed by atoms with Crippen molar-refractivity contribution in [3.8, 4) is 11.8 Å². The predicted octanol–water partition coefficient (Wildman–Crippen LogP) is 6.90. The number of benzene rings is 1. The van der Waals surface area contributed by atoms with Crippen LogP contribution < -0.4 is 0 Å². The standard InChI is InChI=1S/C26H38O3/c1-2-3-4-5-6-7-8-9-10-11-12-13-14-15-19-22-26(28)29-23-25(27)24-20-17-16-18-21-24/h16-18,20-21H,2-3,6-15,19,22-23H2,1H3. The molecule has 0 radical (unpaired) electrons. The number of hydrogen-bond acceptors (Lipinski definition) is 3. The highest BCUT2D eigenvalue weighted by molar-refractivity contribution is 5.97.